The molecule has 0 aromatic heterocycles. The molecule has 0 spiro atoms. The lowest BCUT2D eigenvalue weighted by Crippen LogP contribution is -2.06. The molecule has 0 aliphatic heterocycles. The minimum Gasteiger partial charge on any atom is -0.496 e. The highest BCUT2D eigenvalue weighted by Gasteiger charge is 2.04. The molecule has 1 rings (SSSR count). The zero-order valence-corrected chi connectivity index (χ0v) is 9.18. The number of hydrogen-bond donors (Lipinski definition) is 2. The second-order valence-electron chi connectivity index (χ2n) is 2.74. The third kappa shape index (κ3) is 2.43. The van der Waals surface area contributed by atoms with Gasteiger partial charge in [0.05, 0.1) is 7.11 Å². The van der Waals surface area contributed by atoms with Gasteiger partial charge in [-0.2, -0.15) is 0 Å². The summed E-state index contributed by atoms with van der Waals surface area (Å²) in [6.07, 6.45) is 0. The Morgan fingerprint density at radius 2 is 2.23 bits per heavy atom. The van der Waals surface area contributed by atoms with Crippen LogP contribution in [0.2, 0.25) is 0 Å². The smallest absolute Gasteiger partial charge is 0.123 e. The molecule has 0 aliphatic carbocycles. The van der Waals surface area contributed by atoms with Crippen LogP contribution in [0.5, 0.6) is 5.75 Å². The van der Waals surface area contributed by atoms with Gasteiger partial charge in [0.2, 0.25) is 0 Å². The van der Waals surface area contributed by atoms with Gasteiger partial charge in [0.1, 0.15) is 5.75 Å². The maximum Gasteiger partial charge on any atom is 0.123 e. The summed E-state index contributed by atoms with van der Waals surface area (Å²) in [5.74, 6) is 0.819. The van der Waals surface area contributed by atoms with Crippen LogP contribution in [-0.4, -0.2) is 12.3 Å². The summed E-state index contributed by atoms with van der Waals surface area (Å²) >= 11 is 3.42. The molecule has 0 aliphatic rings. The Morgan fingerprint density at radius 1 is 1.54 bits per heavy atom. The van der Waals surface area contributed by atoms with E-state index in [0.29, 0.717) is 6.54 Å². The van der Waals surface area contributed by atoms with Gasteiger partial charge in [0.25, 0.3) is 0 Å². The van der Waals surface area contributed by atoms with Crippen LogP contribution >= 0.6 is 15.9 Å². The van der Waals surface area contributed by atoms with Crippen LogP contribution < -0.4 is 10.2 Å². The standard InChI is InChI=1S/C9H12BrNO2/c1-6-8(10)3-7(5-11-12)4-9(6)13-2/h3-4,11-12H,5H2,1-2H3. The summed E-state index contributed by atoms with van der Waals surface area (Å²) in [7, 11) is 1.63. The van der Waals surface area contributed by atoms with Crippen molar-refractivity contribution in [3.63, 3.8) is 0 Å². The van der Waals surface area contributed by atoms with Gasteiger partial charge in [0, 0.05) is 16.6 Å². The highest BCUT2D eigenvalue weighted by atomic mass is 79.9. The Morgan fingerprint density at radius 3 is 2.77 bits per heavy atom. The fourth-order valence-corrected chi connectivity index (χ4v) is 1.60. The Balaban J connectivity index is 3.06. The molecule has 2 N–H and O–H groups in total. The normalized spacial score (nSPS) is 10.2. The van der Waals surface area contributed by atoms with E-state index in [1.54, 1.807) is 7.11 Å². The van der Waals surface area contributed by atoms with E-state index in [4.69, 9.17) is 9.94 Å². The number of methoxy groups -OCH3 is 1. The van der Waals surface area contributed by atoms with Crippen LogP contribution in [0.4, 0.5) is 0 Å². The largest absolute Gasteiger partial charge is 0.496 e. The van der Waals surface area contributed by atoms with Crippen molar-refractivity contribution in [1.29, 1.82) is 0 Å². The van der Waals surface area contributed by atoms with E-state index in [1.807, 2.05) is 19.1 Å². The maximum absolute atomic E-state index is 8.54. The summed E-state index contributed by atoms with van der Waals surface area (Å²) in [6.45, 7) is 2.38. The molecule has 0 amide bonds. The number of hydrogen-bond acceptors (Lipinski definition) is 3. The third-order valence-corrected chi connectivity index (χ3v) is 2.68. The summed E-state index contributed by atoms with van der Waals surface area (Å²) in [5, 5.41) is 8.54. The minimum absolute atomic E-state index is 0.412. The van der Waals surface area contributed by atoms with Gasteiger partial charge in [-0.3, -0.25) is 0 Å². The highest BCUT2D eigenvalue weighted by molar-refractivity contribution is 9.10. The van der Waals surface area contributed by atoms with Crippen molar-refractivity contribution >= 4 is 15.9 Å². The lowest BCUT2D eigenvalue weighted by molar-refractivity contribution is 0.161. The molecule has 3 nitrogen and oxygen atoms in total. The molecule has 4 heteroatoms. The summed E-state index contributed by atoms with van der Waals surface area (Å²) in [5.41, 5.74) is 4.13. The molecule has 72 valence electrons. The Hall–Kier alpha value is -0.580. The Kier molecular flexibility index (Phi) is 3.71. The van der Waals surface area contributed by atoms with Gasteiger partial charge in [-0.25, -0.2) is 5.48 Å². The quantitative estimate of drug-likeness (QED) is 0.803. The lowest BCUT2D eigenvalue weighted by atomic mass is 10.1. The molecule has 0 heterocycles. The van der Waals surface area contributed by atoms with Crippen molar-refractivity contribution in [3.8, 4) is 5.75 Å². The average Bonchev–Trinajstić information content (AvgIpc) is 2.11. The van der Waals surface area contributed by atoms with E-state index in [9.17, 15) is 0 Å². The number of rotatable bonds is 3. The van der Waals surface area contributed by atoms with Gasteiger partial charge in [-0.15, -0.1) is 0 Å². The van der Waals surface area contributed by atoms with Crippen LogP contribution in [-0.2, 0) is 6.54 Å². The lowest BCUT2D eigenvalue weighted by Gasteiger charge is -2.09. The second kappa shape index (κ2) is 4.60. The number of hydroxylamine groups is 1. The van der Waals surface area contributed by atoms with Crippen molar-refractivity contribution in [2.24, 2.45) is 0 Å². The topological polar surface area (TPSA) is 41.5 Å². The van der Waals surface area contributed by atoms with Crippen molar-refractivity contribution in [2.45, 2.75) is 13.5 Å². The van der Waals surface area contributed by atoms with Crippen molar-refractivity contribution in [1.82, 2.24) is 5.48 Å². The average molecular weight is 246 g/mol. The van der Waals surface area contributed by atoms with E-state index < -0.39 is 0 Å². The molecule has 13 heavy (non-hydrogen) atoms. The summed E-state index contributed by atoms with van der Waals surface area (Å²) in [4.78, 5) is 0. The zero-order chi connectivity index (χ0) is 9.84. The first-order valence-electron chi connectivity index (χ1n) is 3.89. The summed E-state index contributed by atoms with van der Waals surface area (Å²) in [6, 6.07) is 3.84. The molecule has 1 aromatic rings. The fraction of sp³-hybridized carbons (Fsp3) is 0.333. The molecule has 0 bridgehead atoms. The maximum atomic E-state index is 8.54. The monoisotopic (exact) mass is 245 g/mol. The van der Waals surface area contributed by atoms with Crippen LogP contribution in [0.3, 0.4) is 0 Å². The number of halogens is 1. The molecular weight excluding hydrogens is 234 g/mol. The van der Waals surface area contributed by atoms with E-state index in [0.717, 1.165) is 21.3 Å². The highest BCUT2D eigenvalue weighted by Crippen LogP contribution is 2.27. The van der Waals surface area contributed by atoms with Crippen LogP contribution in [0.15, 0.2) is 16.6 Å². The van der Waals surface area contributed by atoms with Crippen LogP contribution in [0, 0.1) is 6.92 Å². The molecule has 0 unspecified atom stereocenters. The number of ether oxygens (including phenoxy) is 1. The Bertz CT molecular complexity index is 302. The van der Waals surface area contributed by atoms with Gasteiger partial charge < -0.3 is 9.94 Å². The first-order chi connectivity index (χ1) is 6.19. The first kappa shape index (κ1) is 10.5. The predicted octanol–water partition coefficient (Wildman–Crippen LogP) is 2.24. The van der Waals surface area contributed by atoms with Gasteiger partial charge in [-0.05, 0) is 24.6 Å². The summed E-state index contributed by atoms with van der Waals surface area (Å²) < 4.78 is 6.16. The van der Waals surface area contributed by atoms with Crippen LogP contribution in [0.25, 0.3) is 0 Å². The van der Waals surface area contributed by atoms with Crippen molar-refractivity contribution in [2.75, 3.05) is 7.11 Å². The van der Waals surface area contributed by atoms with Gasteiger partial charge >= 0.3 is 0 Å². The van der Waals surface area contributed by atoms with E-state index >= 15 is 0 Å². The van der Waals surface area contributed by atoms with Crippen molar-refractivity contribution in [3.05, 3.63) is 27.7 Å². The molecule has 0 saturated carbocycles. The second-order valence-corrected chi connectivity index (χ2v) is 3.59. The van der Waals surface area contributed by atoms with E-state index in [1.165, 1.54) is 0 Å². The van der Waals surface area contributed by atoms with Gasteiger partial charge in [0.15, 0.2) is 0 Å². The number of nitrogens with one attached hydrogen (secondary N) is 1. The predicted molar refractivity (Wildman–Crippen MR) is 54.1 cm³/mol. The Labute approximate surface area is 85.8 Å². The first-order valence-corrected chi connectivity index (χ1v) is 4.68. The molecular formula is C9H12BrNO2. The van der Waals surface area contributed by atoms with Gasteiger partial charge in [-0.1, -0.05) is 15.9 Å². The molecule has 0 radical (unpaired) electrons. The fourth-order valence-electron chi connectivity index (χ4n) is 1.11. The number of benzene rings is 1. The van der Waals surface area contributed by atoms with Crippen LogP contribution in [0.1, 0.15) is 11.1 Å². The molecule has 0 atom stereocenters. The minimum atomic E-state index is 0.412. The zero-order valence-electron chi connectivity index (χ0n) is 7.60. The molecule has 0 saturated heterocycles. The SMILES string of the molecule is COc1cc(CNO)cc(Br)c1C. The molecule has 1 aromatic carbocycles. The third-order valence-electron chi connectivity index (χ3n) is 1.86. The van der Waals surface area contributed by atoms with E-state index in [-0.39, 0.29) is 0 Å². The van der Waals surface area contributed by atoms with E-state index in [2.05, 4.69) is 21.4 Å². The van der Waals surface area contributed by atoms with Crippen molar-refractivity contribution < 1.29 is 9.94 Å². The molecule has 0 fully saturated rings.